The van der Waals surface area contributed by atoms with Crippen molar-refractivity contribution in [2.75, 3.05) is 30.0 Å². The van der Waals surface area contributed by atoms with Gasteiger partial charge < -0.3 is 19.7 Å². The number of amides is 2. The molecule has 1 aliphatic heterocycles. The van der Waals surface area contributed by atoms with E-state index in [4.69, 9.17) is 32.7 Å². The third-order valence-electron chi connectivity index (χ3n) is 4.46. The van der Waals surface area contributed by atoms with E-state index in [9.17, 15) is 14.4 Å². The van der Waals surface area contributed by atoms with E-state index in [1.807, 2.05) is 13.0 Å². The third kappa shape index (κ3) is 5.23. The number of carbonyl (C=O) groups excluding carboxylic acids is 3. The molecule has 1 saturated heterocycles. The third-order valence-corrected chi connectivity index (χ3v) is 5.20. The number of hydrogen-bond donors (Lipinski definition) is 1. The van der Waals surface area contributed by atoms with Gasteiger partial charge in [-0.3, -0.25) is 14.4 Å². The molecule has 2 amide bonds. The molecule has 0 saturated carbocycles. The molecule has 7 nitrogen and oxygen atoms in total. The Morgan fingerprint density at radius 2 is 1.93 bits per heavy atom. The minimum Gasteiger partial charge on any atom is -0.492 e. The molecule has 3 rings (SSSR count). The van der Waals surface area contributed by atoms with E-state index in [0.29, 0.717) is 33.8 Å². The summed E-state index contributed by atoms with van der Waals surface area (Å²) in [5.41, 5.74) is 1.04. The smallest absolute Gasteiger partial charge is 0.311 e. The summed E-state index contributed by atoms with van der Waals surface area (Å²) in [5.74, 6) is -1.42. The number of para-hydroxylation sites is 2. The molecule has 0 bridgehead atoms. The molecule has 1 N–H and O–H groups in total. The summed E-state index contributed by atoms with van der Waals surface area (Å²) in [6.07, 6.45) is 0.00764. The first-order chi connectivity index (χ1) is 14.4. The number of halogens is 2. The summed E-state index contributed by atoms with van der Waals surface area (Å²) in [4.78, 5) is 38.4. The number of anilines is 2. The Labute approximate surface area is 183 Å². The summed E-state index contributed by atoms with van der Waals surface area (Å²) in [6, 6.07) is 11.8. The number of esters is 1. The van der Waals surface area contributed by atoms with Gasteiger partial charge in [-0.25, -0.2) is 0 Å². The number of ether oxygens (including phenoxy) is 2. The van der Waals surface area contributed by atoms with Crippen molar-refractivity contribution >= 4 is 52.4 Å². The van der Waals surface area contributed by atoms with Crippen LogP contribution in [0.5, 0.6) is 5.75 Å². The molecule has 0 aromatic heterocycles. The molecule has 0 radical (unpaired) electrons. The number of rotatable bonds is 7. The fourth-order valence-corrected chi connectivity index (χ4v) is 3.38. The second kappa shape index (κ2) is 9.82. The Kier molecular flexibility index (Phi) is 7.18. The number of carbonyl (C=O) groups is 3. The highest BCUT2D eigenvalue weighted by Crippen LogP contribution is 2.33. The lowest BCUT2D eigenvalue weighted by Gasteiger charge is -2.19. The highest BCUT2D eigenvalue weighted by atomic mass is 35.5. The average Bonchev–Trinajstić information content (AvgIpc) is 3.11. The summed E-state index contributed by atoms with van der Waals surface area (Å²) < 4.78 is 10.7. The van der Waals surface area contributed by atoms with Crippen LogP contribution in [0.15, 0.2) is 42.5 Å². The molecule has 9 heteroatoms. The SMILES string of the molecule is CCOc1ccccc1N1C[C@H](C(=O)OCC(=O)Nc2ccc(Cl)c(Cl)c2)CC1=O. The lowest BCUT2D eigenvalue weighted by Crippen LogP contribution is -2.28. The highest BCUT2D eigenvalue weighted by Gasteiger charge is 2.37. The summed E-state index contributed by atoms with van der Waals surface area (Å²) in [5, 5.41) is 3.23. The van der Waals surface area contributed by atoms with E-state index in [1.54, 1.807) is 30.3 Å². The van der Waals surface area contributed by atoms with Crippen LogP contribution in [-0.4, -0.2) is 37.5 Å². The zero-order valence-corrected chi connectivity index (χ0v) is 17.7. The van der Waals surface area contributed by atoms with Crippen LogP contribution in [0.4, 0.5) is 11.4 Å². The van der Waals surface area contributed by atoms with Gasteiger partial charge in [0.25, 0.3) is 5.91 Å². The average molecular weight is 451 g/mol. The zero-order chi connectivity index (χ0) is 21.7. The van der Waals surface area contributed by atoms with Crippen molar-refractivity contribution in [2.45, 2.75) is 13.3 Å². The van der Waals surface area contributed by atoms with Gasteiger partial charge in [0.05, 0.1) is 28.3 Å². The fraction of sp³-hybridized carbons (Fsp3) is 0.286. The van der Waals surface area contributed by atoms with Crippen molar-refractivity contribution in [2.24, 2.45) is 5.92 Å². The Morgan fingerprint density at radius 3 is 2.67 bits per heavy atom. The Hall–Kier alpha value is -2.77. The molecule has 158 valence electrons. The molecule has 1 heterocycles. The number of nitrogens with one attached hydrogen (secondary N) is 1. The molecule has 0 unspecified atom stereocenters. The van der Waals surface area contributed by atoms with Crippen LogP contribution < -0.4 is 15.0 Å². The predicted octanol–water partition coefficient (Wildman–Crippen LogP) is 3.93. The van der Waals surface area contributed by atoms with Crippen molar-refractivity contribution in [1.82, 2.24) is 0 Å². The quantitative estimate of drug-likeness (QED) is 0.645. The summed E-state index contributed by atoms with van der Waals surface area (Å²) in [7, 11) is 0. The van der Waals surface area contributed by atoms with E-state index in [-0.39, 0.29) is 18.9 Å². The van der Waals surface area contributed by atoms with Gasteiger partial charge in [-0.05, 0) is 37.3 Å². The first-order valence-corrected chi connectivity index (χ1v) is 10.1. The standard InChI is InChI=1S/C21H20Cl2N2O5/c1-2-29-18-6-4-3-5-17(18)25-11-13(9-20(25)27)21(28)30-12-19(26)24-14-7-8-15(22)16(23)10-14/h3-8,10,13H,2,9,11-12H2,1H3,(H,24,26)/t13-/m1/s1. The molecule has 2 aromatic carbocycles. The largest absolute Gasteiger partial charge is 0.492 e. The van der Waals surface area contributed by atoms with Crippen LogP contribution in [0.1, 0.15) is 13.3 Å². The first kappa shape index (κ1) is 21.9. The van der Waals surface area contributed by atoms with E-state index in [0.717, 1.165) is 0 Å². The van der Waals surface area contributed by atoms with E-state index in [2.05, 4.69) is 5.32 Å². The Bertz CT molecular complexity index is 966. The van der Waals surface area contributed by atoms with Gasteiger partial charge in [0.15, 0.2) is 6.61 Å². The molecule has 1 aliphatic rings. The van der Waals surface area contributed by atoms with E-state index in [1.165, 1.54) is 11.0 Å². The minimum atomic E-state index is -0.662. The summed E-state index contributed by atoms with van der Waals surface area (Å²) in [6.45, 7) is 2.00. The second-order valence-electron chi connectivity index (χ2n) is 6.59. The number of hydrogen-bond acceptors (Lipinski definition) is 5. The monoisotopic (exact) mass is 450 g/mol. The Balaban J connectivity index is 1.56. The molecular formula is C21H20Cl2N2O5. The molecule has 0 aliphatic carbocycles. The van der Waals surface area contributed by atoms with Crippen LogP contribution in [0, 0.1) is 5.92 Å². The van der Waals surface area contributed by atoms with Crippen molar-refractivity contribution < 1.29 is 23.9 Å². The highest BCUT2D eigenvalue weighted by molar-refractivity contribution is 6.42. The van der Waals surface area contributed by atoms with Crippen LogP contribution in [0.3, 0.4) is 0 Å². The maximum atomic E-state index is 12.4. The Morgan fingerprint density at radius 1 is 1.17 bits per heavy atom. The lowest BCUT2D eigenvalue weighted by molar-refractivity contribution is -0.151. The van der Waals surface area contributed by atoms with Gasteiger partial charge in [-0.15, -0.1) is 0 Å². The van der Waals surface area contributed by atoms with Crippen molar-refractivity contribution in [3.05, 3.63) is 52.5 Å². The molecular weight excluding hydrogens is 431 g/mol. The van der Waals surface area contributed by atoms with Gasteiger partial charge in [-0.1, -0.05) is 35.3 Å². The van der Waals surface area contributed by atoms with Crippen molar-refractivity contribution in [3.63, 3.8) is 0 Å². The zero-order valence-electron chi connectivity index (χ0n) is 16.2. The van der Waals surface area contributed by atoms with Crippen LogP contribution >= 0.6 is 23.2 Å². The lowest BCUT2D eigenvalue weighted by atomic mass is 10.1. The number of benzene rings is 2. The van der Waals surface area contributed by atoms with Crippen LogP contribution in [-0.2, 0) is 19.1 Å². The predicted molar refractivity (Wildman–Crippen MR) is 114 cm³/mol. The summed E-state index contributed by atoms with van der Waals surface area (Å²) >= 11 is 11.7. The molecule has 2 aromatic rings. The topological polar surface area (TPSA) is 84.9 Å². The first-order valence-electron chi connectivity index (χ1n) is 9.32. The normalized spacial score (nSPS) is 15.8. The fourth-order valence-electron chi connectivity index (χ4n) is 3.08. The van der Waals surface area contributed by atoms with Crippen LogP contribution in [0.25, 0.3) is 0 Å². The van der Waals surface area contributed by atoms with Gasteiger partial charge >= 0.3 is 5.97 Å². The van der Waals surface area contributed by atoms with Crippen molar-refractivity contribution in [3.8, 4) is 5.75 Å². The number of nitrogens with zero attached hydrogens (tertiary/aromatic N) is 1. The van der Waals surface area contributed by atoms with Crippen molar-refractivity contribution in [1.29, 1.82) is 0 Å². The molecule has 1 fully saturated rings. The molecule has 30 heavy (non-hydrogen) atoms. The van der Waals surface area contributed by atoms with E-state index >= 15 is 0 Å². The van der Waals surface area contributed by atoms with Gasteiger partial charge in [0.2, 0.25) is 5.91 Å². The van der Waals surface area contributed by atoms with Gasteiger partial charge in [0.1, 0.15) is 5.75 Å². The maximum Gasteiger partial charge on any atom is 0.311 e. The molecule has 0 spiro atoms. The van der Waals surface area contributed by atoms with Crippen LogP contribution in [0.2, 0.25) is 10.0 Å². The van der Waals surface area contributed by atoms with Gasteiger partial charge in [0, 0.05) is 18.7 Å². The molecule has 1 atom stereocenters. The maximum absolute atomic E-state index is 12.4. The van der Waals surface area contributed by atoms with E-state index < -0.39 is 24.4 Å². The minimum absolute atomic E-state index is 0.00764. The second-order valence-corrected chi connectivity index (χ2v) is 7.41. The van der Waals surface area contributed by atoms with Gasteiger partial charge in [-0.2, -0.15) is 0 Å².